The molecule has 1 N–H and O–H groups in total. The van der Waals surface area contributed by atoms with Gasteiger partial charge in [-0.2, -0.15) is 0 Å². The largest absolute Gasteiger partial charge is 0.506 e. The number of aromatic hydroxyl groups is 1. The first-order valence-electron chi connectivity index (χ1n) is 4.76. The minimum Gasteiger partial charge on any atom is -0.506 e. The molecule has 0 aliphatic rings. The highest BCUT2D eigenvalue weighted by Crippen LogP contribution is 2.37. The van der Waals surface area contributed by atoms with E-state index in [9.17, 15) is 9.90 Å². The molecule has 0 fully saturated rings. The van der Waals surface area contributed by atoms with Crippen LogP contribution in [0.5, 0.6) is 5.75 Å². The van der Waals surface area contributed by atoms with Crippen molar-refractivity contribution in [2.24, 2.45) is 0 Å². The lowest BCUT2D eigenvalue weighted by Crippen LogP contribution is -2.01. The third-order valence-electron chi connectivity index (χ3n) is 1.94. The highest BCUT2D eigenvalue weighted by molar-refractivity contribution is 7.22. The molecule has 0 saturated carbocycles. The highest BCUT2D eigenvalue weighted by atomic mass is 32.1. The van der Waals surface area contributed by atoms with Crippen LogP contribution in [0.4, 0.5) is 0 Å². The standard InChI is InChI=1S/C11H10O3S2/c1-2-14-11(13)10-7(12)6-9(16-10)8-4-3-5-15-8/h3-6,12H,2H2,1H3. The molecule has 5 heteroatoms. The van der Waals surface area contributed by atoms with Crippen molar-refractivity contribution in [3.63, 3.8) is 0 Å². The Balaban J connectivity index is 2.32. The summed E-state index contributed by atoms with van der Waals surface area (Å²) in [6.07, 6.45) is 0. The third-order valence-corrected chi connectivity index (χ3v) is 4.11. The second kappa shape index (κ2) is 4.67. The van der Waals surface area contributed by atoms with Crippen molar-refractivity contribution in [3.8, 4) is 15.5 Å². The number of carbonyl (C=O) groups is 1. The molecule has 0 amide bonds. The minimum absolute atomic E-state index is 0.00755. The van der Waals surface area contributed by atoms with Crippen LogP contribution in [-0.2, 0) is 4.74 Å². The molecule has 0 aromatic carbocycles. The summed E-state index contributed by atoms with van der Waals surface area (Å²) < 4.78 is 4.85. The summed E-state index contributed by atoms with van der Waals surface area (Å²) in [5, 5.41) is 11.6. The molecule has 2 rings (SSSR count). The zero-order valence-corrected chi connectivity index (χ0v) is 10.2. The summed E-state index contributed by atoms with van der Waals surface area (Å²) in [6.45, 7) is 2.05. The van der Waals surface area contributed by atoms with E-state index in [1.165, 1.54) is 11.3 Å². The molecule has 0 bridgehead atoms. The van der Waals surface area contributed by atoms with Gasteiger partial charge in [-0.3, -0.25) is 0 Å². The second-order valence-corrected chi connectivity index (χ2v) is 5.02. The van der Waals surface area contributed by atoms with E-state index in [2.05, 4.69) is 0 Å². The van der Waals surface area contributed by atoms with Gasteiger partial charge in [0, 0.05) is 15.8 Å². The minimum atomic E-state index is -0.465. The summed E-state index contributed by atoms with van der Waals surface area (Å²) in [7, 11) is 0. The molecular formula is C11H10O3S2. The number of carbonyl (C=O) groups excluding carboxylic acids is 1. The van der Waals surface area contributed by atoms with Gasteiger partial charge in [-0.05, 0) is 18.4 Å². The molecular weight excluding hydrogens is 244 g/mol. The Bertz CT molecular complexity index is 485. The first kappa shape index (κ1) is 11.2. The second-order valence-electron chi connectivity index (χ2n) is 3.02. The van der Waals surface area contributed by atoms with E-state index in [1.54, 1.807) is 24.3 Å². The Morgan fingerprint density at radius 1 is 1.50 bits per heavy atom. The highest BCUT2D eigenvalue weighted by Gasteiger charge is 2.17. The van der Waals surface area contributed by atoms with E-state index >= 15 is 0 Å². The lowest BCUT2D eigenvalue weighted by molar-refractivity contribution is 0.0529. The molecule has 0 aliphatic heterocycles. The smallest absolute Gasteiger partial charge is 0.352 e. The predicted octanol–water partition coefficient (Wildman–Crippen LogP) is 3.36. The normalized spacial score (nSPS) is 10.3. The van der Waals surface area contributed by atoms with Gasteiger partial charge in [0.25, 0.3) is 0 Å². The Kier molecular flexibility index (Phi) is 3.26. The van der Waals surface area contributed by atoms with Gasteiger partial charge >= 0.3 is 5.97 Å². The quantitative estimate of drug-likeness (QED) is 0.854. The van der Waals surface area contributed by atoms with Crippen molar-refractivity contribution in [2.45, 2.75) is 6.92 Å². The van der Waals surface area contributed by atoms with Gasteiger partial charge in [-0.15, -0.1) is 22.7 Å². The Labute approximate surface area is 101 Å². The van der Waals surface area contributed by atoms with Crippen molar-refractivity contribution < 1.29 is 14.6 Å². The van der Waals surface area contributed by atoms with Crippen LogP contribution in [-0.4, -0.2) is 17.7 Å². The van der Waals surface area contributed by atoms with Crippen LogP contribution < -0.4 is 0 Å². The number of hydrogen-bond acceptors (Lipinski definition) is 5. The molecule has 0 aliphatic carbocycles. The van der Waals surface area contributed by atoms with Crippen LogP contribution in [0, 0.1) is 0 Å². The summed E-state index contributed by atoms with van der Waals surface area (Å²) >= 11 is 2.82. The molecule has 0 radical (unpaired) electrons. The lowest BCUT2D eigenvalue weighted by atomic mass is 10.3. The van der Waals surface area contributed by atoms with Crippen molar-refractivity contribution in [1.29, 1.82) is 0 Å². The fraction of sp³-hybridized carbons (Fsp3) is 0.182. The van der Waals surface area contributed by atoms with Crippen molar-refractivity contribution in [1.82, 2.24) is 0 Å². The summed E-state index contributed by atoms with van der Waals surface area (Å²) in [5.41, 5.74) is 0. The number of thiophene rings is 2. The van der Waals surface area contributed by atoms with Gasteiger partial charge in [0.1, 0.15) is 5.75 Å². The fourth-order valence-corrected chi connectivity index (χ4v) is 3.03. The molecule has 16 heavy (non-hydrogen) atoms. The average molecular weight is 254 g/mol. The van der Waals surface area contributed by atoms with Gasteiger partial charge in [0.05, 0.1) is 6.61 Å². The van der Waals surface area contributed by atoms with Crippen LogP contribution in [0.1, 0.15) is 16.6 Å². The zero-order chi connectivity index (χ0) is 11.5. The summed E-state index contributed by atoms with van der Waals surface area (Å²) in [5.74, 6) is -0.473. The molecule has 2 aromatic rings. The van der Waals surface area contributed by atoms with E-state index in [0.717, 1.165) is 9.75 Å². The topological polar surface area (TPSA) is 46.5 Å². The zero-order valence-electron chi connectivity index (χ0n) is 8.60. The van der Waals surface area contributed by atoms with Crippen LogP contribution in [0.15, 0.2) is 23.6 Å². The van der Waals surface area contributed by atoms with Crippen LogP contribution in [0.2, 0.25) is 0 Å². The van der Waals surface area contributed by atoms with Gasteiger partial charge in [-0.1, -0.05) is 6.07 Å². The average Bonchev–Trinajstić information content (AvgIpc) is 2.86. The number of rotatable bonds is 3. The number of ether oxygens (including phenoxy) is 1. The molecule has 0 spiro atoms. The van der Waals surface area contributed by atoms with Crippen molar-refractivity contribution in [2.75, 3.05) is 6.61 Å². The SMILES string of the molecule is CCOC(=O)c1sc(-c2cccs2)cc1O. The van der Waals surface area contributed by atoms with Crippen molar-refractivity contribution in [3.05, 3.63) is 28.5 Å². The van der Waals surface area contributed by atoms with E-state index < -0.39 is 5.97 Å². The maximum atomic E-state index is 11.5. The Morgan fingerprint density at radius 3 is 2.94 bits per heavy atom. The number of esters is 1. The molecule has 84 valence electrons. The van der Waals surface area contributed by atoms with Gasteiger partial charge in [0.2, 0.25) is 0 Å². The Hall–Kier alpha value is -1.33. The van der Waals surface area contributed by atoms with Crippen molar-refractivity contribution >= 4 is 28.6 Å². The molecule has 0 unspecified atom stereocenters. The predicted molar refractivity (Wildman–Crippen MR) is 65.3 cm³/mol. The van der Waals surface area contributed by atoms with Gasteiger partial charge in [-0.25, -0.2) is 4.79 Å². The van der Waals surface area contributed by atoms with E-state index in [4.69, 9.17) is 4.74 Å². The summed E-state index contributed by atoms with van der Waals surface area (Å²) in [4.78, 5) is 13.7. The van der Waals surface area contributed by atoms with E-state index in [1.807, 2.05) is 17.5 Å². The van der Waals surface area contributed by atoms with E-state index in [-0.39, 0.29) is 10.6 Å². The maximum Gasteiger partial charge on any atom is 0.352 e. The summed E-state index contributed by atoms with van der Waals surface area (Å²) in [6, 6.07) is 5.48. The molecule has 3 nitrogen and oxygen atoms in total. The molecule has 0 saturated heterocycles. The third kappa shape index (κ3) is 2.10. The van der Waals surface area contributed by atoms with Gasteiger partial charge in [0.15, 0.2) is 4.88 Å². The van der Waals surface area contributed by atoms with Crippen LogP contribution in [0.25, 0.3) is 9.75 Å². The first-order valence-corrected chi connectivity index (χ1v) is 6.45. The van der Waals surface area contributed by atoms with Crippen LogP contribution >= 0.6 is 22.7 Å². The monoisotopic (exact) mass is 254 g/mol. The first-order chi connectivity index (χ1) is 7.72. The Morgan fingerprint density at radius 2 is 2.31 bits per heavy atom. The van der Waals surface area contributed by atoms with Crippen LogP contribution in [0.3, 0.4) is 0 Å². The lowest BCUT2D eigenvalue weighted by Gasteiger charge is -1.97. The molecule has 2 aromatic heterocycles. The molecule has 0 atom stereocenters. The van der Waals surface area contributed by atoms with E-state index in [0.29, 0.717) is 6.61 Å². The molecule has 2 heterocycles. The maximum absolute atomic E-state index is 11.5. The van der Waals surface area contributed by atoms with Gasteiger partial charge < -0.3 is 9.84 Å². The fourth-order valence-electron chi connectivity index (χ4n) is 1.26. The number of hydrogen-bond donors (Lipinski definition) is 1.